The van der Waals surface area contributed by atoms with Crippen LogP contribution in [0.4, 0.5) is 16.4 Å². The third-order valence-electron chi connectivity index (χ3n) is 6.97. The van der Waals surface area contributed by atoms with Crippen molar-refractivity contribution in [1.29, 1.82) is 0 Å². The molecular weight excluding hydrogens is 486 g/mol. The topological polar surface area (TPSA) is 115 Å². The Morgan fingerprint density at radius 3 is 2.71 bits per heavy atom. The molecule has 2 aliphatic rings. The van der Waals surface area contributed by atoms with Gasteiger partial charge in [-0.2, -0.15) is 10.1 Å². The lowest BCUT2D eigenvalue weighted by Crippen LogP contribution is -2.39. The number of carbonyl (C=O) groups excluding carboxylic acids is 2. The van der Waals surface area contributed by atoms with E-state index in [1.54, 1.807) is 31.3 Å². The van der Waals surface area contributed by atoms with Gasteiger partial charge in [-0.25, -0.2) is 14.5 Å². The molecule has 2 aromatic heterocycles. The maximum Gasteiger partial charge on any atom is 0.410 e. The maximum absolute atomic E-state index is 12.6. The smallest absolute Gasteiger partial charge is 0.410 e. The van der Waals surface area contributed by atoms with Crippen LogP contribution in [0.25, 0.3) is 11.0 Å². The largest absolute Gasteiger partial charge is 0.495 e. The van der Waals surface area contributed by atoms with Crippen LogP contribution in [-0.4, -0.2) is 73.4 Å². The van der Waals surface area contributed by atoms with Crippen molar-refractivity contribution in [3.63, 3.8) is 0 Å². The molecule has 202 valence electrons. The minimum absolute atomic E-state index is 0.0886. The van der Waals surface area contributed by atoms with Crippen LogP contribution in [0.2, 0.25) is 0 Å². The van der Waals surface area contributed by atoms with Gasteiger partial charge in [0.1, 0.15) is 11.4 Å². The van der Waals surface area contributed by atoms with Crippen molar-refractivity contribution in [1.82, 2.24) is 29.5 Å². The van der Waals surface area contributed by atoms with Crippen LogP contribution in [0.15, 0.2) is 24.5 Å². The Labute approximate surface area is 222 Å². The van der Waals surface area contributed by atoms with Crippen LogP contribution in [0, 0.1) is 0 Å². The van der Waals surface area contributed by atoms with Crippen LogP contribution in [0.5, 0.6) is 5.75 Å². The number of nitrogens with zero attached hydrogens (tertiary/aromatic N) is 6. The van der Waals surface area contributed by atoms with Crippen molar-refractivity contribution >= 4 is 34.7 Å². The third kappa shape index (κ3) is 5.36. The molecule has 11 nitrogen and oxygen atoms in total. The number of fused-ring (bicyclic) bond motifs is 2. The number of anilines is 2. The molecule has 4 heterocycles. The number of ether oxygens (including phenoxy) is 2. The van der Waals surface area contributed by atoms with Gasteiger partial charge in [0, 0.05) is 32.8 Å². The van der Waals surface area contributed by atoms with Gasteiger partial charge >= 0.3 is 6.09 Å². The number of likely N-dealkylation sites (tertiary alicyclic amines) is 1. The molecule has 1 saturated heterocycles. The summed E-state index contributed by atoms with van der Waals surface area (Å²) in [6.45, 7) is 9.62. The number of amides is 2. The molecule has 5 rings (SSSR count). The first-order valence-corrected chi connectivity index (χ1v) is 13.0. The summed E-state index contributed by atoms with van der Waals surface area (Å²) in [5, 5.41) is 8.64. The Kier molecular flexibility index (Phi) is 6.85. The highest BCUT2D eigenvalue weighted by Crippen LogP contribution is 2.34. The van der Waals surface area contributed by atoms with E-state index in [2.05, 4.69) is 15.4 Å². The predicted molar refractivity (Wildman–Crippen MR) is 142 cm³/mol. The first-order chi connectivity index (χ1) is 18.1. The fraction of sp³-hybridized carbons (Fsp3) is 0.519. The minimum atomic E-state index is -0.547. The molecular formula is C27H35N7O4. The van der Waals surface area contributed by atoms with Gasteiger partial charge in [0.15, 0.2) is 5.65 Å². The molecule has 2 aliphatic heterocycles. The van der Waals surface area contributed by atoms with Gasteiger partial charge < -0.3 is 24.6 Å². The van der Waals surface area contributed by atoms with Gasteiger partial charge in [0.05, 0.1) is 37.0 Å². The lowest BCUT2D eigenvalue weighted by molar-refractivity contribution is -0.129. The fourth-order valence-electron chi connectivity index (χ4n) is 5.16. The monoisotopic (exact) mass is 521 g/mol. The van der Waals surface area contributed by atoms with Crippen molar-refractivity contribution in [2.24, 2.45) is 0 Å². The number of nitrogens with one attached hydrogen (secondary N) is 1. The lowest BCUT2D eigenvalue weighted by atomic mass is 9.98. The van der Waals surface area contributed by atoms with Gasteiger partial charge in [-0.05, 0) is 63.3 Å². The predicted octanol–water partition coefficient (Wildman–Crippen LogP) is 3.88. The van der Waals surface area contributed by atoms with E-state index in [9.17, 15) is 9.59 Å². The number of rotatable bonds is 5. The van der Waals surface area contributed by atoms with Gasteiger partial charge in [0.2, 0.25) is 11.9 Å². The second kappa shape index (κ2) is 10.1. The van der Waals surface area contributed by atoms with Gasteiger partial charge in [-0.3, -0.25) is 4.79 Å². The standard InChI is InChI=1S/C27H35N7O4/c1-17(35)33-9-6-7-21(33)16-34-24-20(14-29-34)13-28-25(31-24)30-22-11-19-15-32(26(36)38-27(2,3)4)10-8-18(19)12-23(22)37-5/h11-14,21H,6-10,15-16H2,1-5H3,(H,28,30,31)/t21-/m0/s1. The Morgan fingerprint density at radius 2 is 1.97 bits per heavy atom. The molecule has 0 saturated carbocycles. The first-order valence-electron chi connectivity index (χ1n) is 13.0. The quantitative estimate of drug-likeness (QED) is 0.538. The van der Waals surface area contributed by atoms with Crippen molar-refractivity contribution in [3.8, 4) is 5.75 Å². The Balaban J connectivity index is 1.38. The fourth-order valence-corrected chi connectivity index (χ4v) is 5.16. The second-order valence-electron chi connectivity index (χ2n) is 10.9. The first kappa shape index (κ1) is 25.7. The molecule has 1 fully saturated rings. The van der Waals surface area contributed by atoms with Gasteiger partial charge in [0.25, 0.3) is 0 Å². The summed E-state index contributed by atoms with van der Waals surface area (Å²) in [5.41, 5.74) is 3.01. The molecule has 3 aromatic rings. The lowest BCUT2D eigenvalue weighted by Gasteiger charge is -2.31. The van der Waals surface area contributed by atoms with E-state index in [1.165, 1.54) is 0 Å². The number of carbonyl (C=O) groups is 2. The second-order valence-corrected chi connectivity index (χ2v) is 10.9. The van der Waals surface area contributed by atoms with Crippen molar-refractivity contribution in [3.05, 3.63) is 35.7 Å². The highest BCUT2D eigenvalue weighted by atomic mass is 16.6. The number of hydrogen-bond acceptors (Lipinski definition) is 8. The molecule has 0 unspecified atom stereocenters. The summed E-state index contributed by atoms with van der Waals surface area (Å²) in [7, 11) is 1.63. The van der Waals surface area contributed by atoms with Crippen molar-refractivity contribution in [2.45, 2.75) is 71.7 Å². The van der Waals surface area contributed by atoms with E-state index < -0.39 is 5.60 Å². The molecule has 1 aromatic carbocycles. The zero-order chi connectivity index (χ0) is 27.0. The van der Waals surface area contributed by atoms with Crippen LogP contribution in [-0.2, 0) is 29.0 Å². The molecule has 2 amide bonds. The number of hydrogen-bond donors (Lipinski definition) is 1. The summed E-state index contributed by atoms with van der Waals surface area (Å²) in [6, 6.07) is 4.10. The normalized spacial score (nSPS) is 17.4. The zero-order valence-electron chi connectivity index (χ0n) is 22.7. The van der Waals surface area contributed by atoms with E-state index in [0.717, 1.165) is 35.9 Å². The van der Waals surface area contributed by atoms with Gasteiger partial charge in [-0.1, -0.05) is 0 Å². The Hall–Kier alpha value is -3.89. The highest BCUT2D eigenvalue weighted by molar-refractivity contribution is 5.76. The zero-order valence-corrected chi connectivity index (χ0v) is 22.7. The SMILES string of the molecule is COc1cc2c(cc1Nc1ncc3cnn(C[C@@H]4CCCN4C(C)=O)c3n1)CN(C(=O)OC(C)(C)C)CC2. The number of methoxy groups -OCH3 is 1. The molecule has 0 radical (unpaired) electrons. The Bertz CT molecular complexity index is 1360. The van der Waals surface area contributed by atoms with Crippen LogP contribution < -0.4 is 10.1 Å². The van der Waals surface area contributed by atoms with Crippen molar-refractivity contribution < 1.29 is 19.1 Å². The number of aromatic nitrogens is 4. The summed E-state index contributed by atoms with van der Waals surface area (Å²) in [5.74, 6) is 1.17. The van der Waals surface area contributed by atoms with Crippen LogP contribution in [0.3, 0.4) is 0 Å². The third-order valence-corrected chi connectivity index (χ3v) is 6.97. The summed E-state index contributed by atoms with van der Waals surface area (Å²) in [6.07, 6.45) is 5.82. The van der Waals surface area contributed by atoms with E-state index >= 15 is 0 Å². The Morgan fingerprint density at radius 1 is 1.16 bits per heavy atom. The van der Waals surface area contributed by atoms with Crippen LogP contribution in [0.1, 0.15) is 51.7 Å². The van der Waals surface area contributed by atoms with E-state index in [0.29, 0.717) is 49.1 Å². The summed E-state index contributed by atoms with van der Waals surface area (Å²) >= 11 is 0. The average Bonchev–Trinajstić information content (AvgIpc) is 3.49. The van der Waals surface area contributed by atoms with E-state index in [-0.39, 0.29) is 18.0 Å². The average molecular weight is 522 g/mol. The molecule has 0 bridgehead atoms. The molecule has 1 N–H and O–H groups in total. The summed E-state index contributed by atoms with van der Waals surface area (Å²) in [4.78, 5) is 37.5. The molecule has 38 heavy (non-hydrogen) atoms. The number of benzene rings is 1. The van der Waals surface area contributed by atoms with Gasteiger partial charge in [-0.15, -0.1) is 0 Å². The summed E-state index contributed by atoms with van der Waals surface area (Å²) < 4.78 is 13.1. The van der Waals surface area contributed by atoms with Crippen molar-refractivity contribution in [2.75, 3.05) is 25.5 Å². The highest BCUT2D eigenvalue weighted by Gasteiger charge is 2.28. The van der Waals surface area contributed by atoms with E-state index in [4.69, 9.17) is 14.5 Å². The van der Waals surface area contributed by atoms with E-state index in [1.807, 2.05) is 42.5 Å². The molecule has 0 aliphatic carbocycles. The van der Waals surface area contributed by atoms with Crippen LogP contribution >= 0.6 is 0 Å². The molecule has 11 heteroatoms. The minimum Gasteiger partial charge on any atom is -0.495 e. The maximum atomic E-state index is 12.6. The molecule has 1 atom stereocenters. The molecule has 0 spiro atoms.